The van der Waals surface area contributed by atoms with Crippen molar-refractivity contribution in [2.45, 2.75) is 116 Å². The molecule has 0 bridgehead atoms. The predicted molar refractivity (Wildman–Crippen MR) is 137 cm³/mol. The maximum atomic E-state index is 10.1. The van der Waals surface area contributed by atoms with E-state index in [2.05, 4.69) is 38.6 Å². The molecule has 3 nitrogen and oxygen atoms in total. The number of fused-ring (bicyclic) bond motifs is 1. The van der Waals surface area contributed by atoms with Crippen molar-refractivity contribution < 1.29 is 9.84 Å². The van der Waals surface area contributed by atoms with E-state index in [1.54, 1.807) is 5.57 Å². The summed E-state index contributed by atoms with van der Waals surface area (Å²) in [6.45, 7) is 13.8. The first-order valence-corrected chi connectivity index (χ1v) is 13.4. The molecule has 0 aromatic carbocycles. The van der Waals surface area contributed by atoms with Gasteiger partial charge in [-0.2, -0.15) is 5.26 Å². The Morgan fingerprint density at radius 3 is 2.79 bits per heavy atom. The molecule has 0 aromatic heterocycles. The lowest BCUT2D eigenvalue weighted by molar-refractivity contribution is 0.0478. The summed E-state index contributed by atoms with van der Waals surface area (Å²) in [5, 5.41) is 18.9. The van der Waals surface area contributed by atoms with Crippen molar-refractivity contribution in [3.05, 3.63) is 35.5 Å². The molecule has 3 heteroatoms. The van der Waals surface area contributed by atoms with Crippen LogP contribution >= 0.6 is 0 Å². The molecule has 184 valence electrons. The largest absolute Gasteiger partial charge is 0.390 e. The molecule has 2 unspecified atom stereocenters. The van der Waals surface area contributed by atoms with Crippen LogP contribution in [0.2, 0.25) is 0 Å². The van der Waals surface area contributed by atoms with E-state index < -0.39 is 5.60 Å². The Bertz CT molecular complexity index is 780. The molecule has 3 aliphatic carbocycles. The molecular formula is C30H47NO2. The van der Waals surface area contributed by atoms with Crippen molar-refractivity contribution in [1.82, 2.24) is 0 Å². The van der Waals surface area contributed by atoms with Gasteiger partial charge in [0.25, 0.3) is 0 Å². The van der Waals surface area contributed by atoms with Gasteiger partial charge in [-0.25, -0.2) is 0 Å². The van der Waals surface area contributed by atoms with Gasteiger partial charge in [-0.3, -0.25) is 0 Å². The van der Waals surface area contributed by atoms with Gasteiger partial charge in [-0.05, 0) is 100 Å². The average molecular weight is 454 g/mol. The molecule has 0 aromatic rings. The molecule has 5 atom stereocenters. The van der Waals surface area contributed by atoms with Crippen molar-refractivity contribution in [3.8, 4) is 6.07 Å². The second-order valence-electron chi connectivity index (χ2n) is 12.0. The molecule has 3 saturated carbocycles. The van der Waals surface area contributed by atoms with Gasteiger partial charge in [0, 0.05) is 0 Å². The maximum Gasteiger partial charge on any atom is 0.0645 e. The monoisotopic (exact) mass is 453 g/mol. The zero-order valence-electron chi connectivity index (χ0n) is 21.7. The summed E-state index contributed by atoms with van der Waals surface area (Å²) in [5.74, 6) is 2.23. The van der Waals surface area contributed by atoms with Crippen molar-refractivity contribution >= 4 is 0 Å². The molecule has 3 aliphatic rings. The molecule has 0 amide bonds. The van der Waals surface area contributed by atoms with Crippen molar-refractivity contribution in [1.29, 1.82) is 5.26 Å². The van der Waals surface area contributed by atoms with Gasteiger partial charge in [-0.1, -0.05) is 56.6 Å². The van der Waals surface area contributed by atoms with E-state index >= 15 is 0 Å². The molecule has 3 rings (SSSR count). The zero-order chi connectivity index (χ0) is 24.1. The number of rotatable bonds is 9. The highest BCUT2D eigenvalue weighted by Gasteiger charge is 2.50. The Kier molecular flexibility index (Phi) is 9.04. The first kappa shape index (κ1) is 26.2. The van der Waals surface area contributed by atoms with Crippen molar-refractivity contribution in [2.75, 3.05) is 6.61 Å². The highest BCUT2D eigenvalue weighted by molar-refractivity contribution is 5.36. The Labute approximate surface area is 203 Å². The highest BCUT2D eigenvalue weighted by Crippen LogP contribution is 2.60. The van der Waals surface area contributed by atoms with Crippen molar-refractivity contribution in [2.24, 2.45) is 23.2 Å². The fraction of sp³-hybridized carbons (Fsp3) is 0.767. The minimum absolute atomic E-state index is 0.228. The van der Waals surface area contributed by atoms with E-state index in [0.29, 0.717) is 24.4 Å². The van der Waals surface area contributed by atoms with E-state index in [-0.39, 0.29) is 6.10 Å². The number of ether oxygens (including phenoxy) is 1. The molecular weight excluding hydrogens is 406 g/mol. The van der Waals surface area contributed by atoms with Crippen LogP contribution in [0.15, 0.2) is 35.5 Å². The normalized spacial score (nSPS) is 33.8. The third-order valence-electron chi connectivity index (χ3n) is 8.91. The molecule has 1 N–H and O–H groups in total. The topological polar surface area (TPSA) is 53.2 Å². The first-order chi connectivity index (χ1) is 15.6. The fourth-order valence-electron chi connectivity index (χ4n) is 7.07. The average Bonchev–Trinajstić information content (AvgIpc) is 3.10. The van der Waals surface area contributed by atoms with Gasteiger partial charge < -0.3 is 9.84 Å². The van der Waals surface area contributed by atoms with Gasteiger partial charge in [0.15, 0.2) is 0 Å². The van der Waals surface area contributed by atoms with Crippen LogP contribution in [0.25, 0.3) is 0 Å². The number of nitrogens with zero attached hydrogens (tertiary/aromatic N) is 1. The van der Waals surface area contributed by atoms with Crippen LogP contribution in [0.3, 0.4) is 0 Å². The molecule has 0 spiro atoms. The standard InChI is InChI=1S/C30H47NO2/c1-22-11-14-26(33-20-8-19-31)21-25(22)13-12-24-10-7-18-30(5)27(15-16-28(24)30)23(2)9-6-17-29(3,4)32/h12-13,23,26-28,32H,1,6-11,14-18,20-21H2,2-5H3/b24-12+,25-13-/t23?,26-,27+,28?,30+/m0/s1. The summed E-state index contributed by atoms with van der Waals surface area (Å²) in [6, 6.07) is 2.17. The van der Waals surface area contributed by atoms with Crippen LogP contribution in [0.4, 0.5) is 0 Å². The summed E-state index contributed by atoms with van der Waals surface area (Å²) in [7, 11) is 0. The lowest BCUT2D eigenvalue weighted by Crippen LogP contribution is -2.36. The quantitative estimate of drug-likeness (QED) is 0.364. The predicted octanol–water partition coefficient (Wildman–Crippen LogP) is 7.67. The summed E-state index contributed by atoms with van der Waals surface area (Å²) in [4.78, 5) is 0. The SMILES string of the molecule is C=C1CC[C@H](OCCC#N)C/C1=C/C=C1\CCC[C@@]2(C)C1CC[C@@H]2C(C)CCCC(C)(C)O. The molecule has 0 saturated heterocycles. The summed E-state index contributed by atoms with van der Waals surface area (Å²) in [5.41, 5.74) is 4.14. The van der Waals surface area contributed by atoms with Crippen LogP contribution in [0.5, 0.6) is 0 Å². The molecule has 0 aliphatic heterocycles. The molecule has 3 fully saturated rings. The van der Waals surface area contributed by atoms with Crippen LogP contribution in [0.1, 0.15) is 105 Å². The van der Waals surface area contributed by atoms with Gasteiger partial charge in [-0.15, -0.1) is 0 Å². The van der Waals surface area contributed by atoms with E-state index in [0.717, 1.165) is 43.9 Å². The van der Waals surface area contributed by atoms with E-state index in [4.69, 9.17) is 10.00 Å². The van der Waals surface area contributed by atoms with Crippen molar-refractivity contribution in [3.63, 3.8) is 0 Å². The van der Waals surface area contributed by atoms with Crippen LogP contribution in [-0.4, -0.2) is 23.4 Å². The molecule has 33 heavy (non-hydrogen) atoms. The smallest absolute Gasteiger partial charge is 0.0645 e. The highest BCUT2D eigenvalue weighted by atomic mass is 16.5. The summed E-state index contributed by atoms with van der Waals surface area (Å²) < 4.78 is 5.93. The number of aliphatic hydroxyl groups is 1. The molecule has 0 heterocycles. The summed E-state index contributed by atoms with van der Waals surface area (Å²) in [6.07, 6.45) is 18.3. The second-order valence-corrected chi connectivity index (χ2v) is 12.0. The van der Waals surface area contributed by atoms with Gasteiger partial charge >= 0.3 is 0 Å². The Morgan fingerprint density at radius 1 is 1.27 bits per heavy atom. The number of hydrogen-bond acceptors (Lipinski definition) is 3. The van der Waals surface area contributed by atoms with Gasteiger partial charge in [0.1, 0.15) is 0 Å². The fourth-order valence-corrected chi connectivity index (χ4v) is 7.07. The Balaban J connectivity index is 1.65. The Morgan fingerprint density at radius 2 is 2.06 bits per heavy atom. The third kappa shape index (κ3) is 6.83. The maximum absolute atomic E-state index is 10.1. The first-order valence-electron chi connectivity index (χ1n) is 13.4. The van der Waals surface area contributed by atoms with Crippen LogP contribution < -0.4 is 0 Å². The Hall–Kier alpha value is -1.37. The third-order valence-corrected chi connectivity index (χ3v) is 8.91. The van der Waals surface area contributed by atoms with Crippen LogP contribution in [-0.2, 0) is 4.74 Å². The second kappa shape index (κ2) is 11.4. The van der Waals surface area contributed by atoms with Crippen LogP contribution in [0, 0.1) is 34.5 Å². The minimum Gasteiger partial charge on any atom is -0.390 e. The van der Waals surface area contributed by atoms with E-state index in [1.807, 2.05) is 13.8 Å². The number of allylic oxidation sites excluding steroid dienone is 4. The molecule has 0 radical (unpaired) electrons. The van der Waals surface area contributed by atoms with E-state index in [9.17, 15) is 5.11 Å². The number of hydrogen-bond donors (Lipinski definition) is 1. The summed E-state index contributed by atoms with van der Waals surface area (Å²) >= 11 is 0. The lowest BCUT2D eigenvalue weighted by Gasteiger charge is -2.44. The minimum atomic E-state index is -0.543. The van der Waals surface area contributed by atoms with E-state index in [1.165, 1.54) is 49.7 Å². The number of nitriles is 1. The van der Waals surface area contributed by atoms with Gasteiger partial charge in [0.05, 0.1) is 30.8 Å². The lowest BCUT2D eigenvalue weighted by atomic mass is 9.60. The van der Waals surface area contributed by atoms with Gasteiger partial charge in [0.2, 0.25) is 0 Å². The zero-order valence-corrected chi connectivity index (χ0v) is 21.7.